The van der Waals surface area contributed by atoms with Crippen molar-refractivity contribution in [1.29, 1.82) is 5.26 Å². The molecule has 150 valence electrons. The number of carbonyl (C=O) groups excluding carboxylic acids is 1. The van der Waals surface area contributed by atoms with E-state index in [1.165, 1.54) is 0 Å². The fraction of sp³-hybridized carbons (Fsp3) is 0.333. The Balaban J connectivity index is 1.83. The number of anilines is 1. The topological polar surface area (TPSA) is 50.6 Å². The quantitative estimate of drug-likeness (QED) is 0.560. The molecule has 1 aliphatic rings. The molecular weight excluding hydrogens is 360 g/mol. The first-order valence-electron chi connectivity index (χ1n) is 10.0. The van der Waals surface area contributed by atoms with Gasteiger partial charge in [-0.05, 0) is 50.7 Å². The minimum absolute atomic E-state index is 0.159. The Kier molecular flexibility index (Phi) is 7.04. The van der Waals surface area contributed by atoms with Crippen LogP contribution in [-0.2, 0) is 11.3 Å². The second-order valence-electron chi connectivity index (χ2n) is 7.55. The van der Waals surface area contributed by atoms with Crippen LogP contribution >= 0.6 is 0 Å². The van der Waals surface area contributed by atoms with Crippen LogP contribution in [0.1, 0.15) is 18.4 Å². The molecule has 0 saturated carbocycles. The van der Waals surface area contributed by atoms with E-state index in [-0.39, 0.29) is 17.5 Å². The molecule has 2 aromatic carbocycles. The predicted molar refractivity (Wildman–Crippen MR) is 116 cm³/mol. The number of nitriles is 1. The summed E-state index contributed by atoms with van der Waals surface area (Å²) in [6, 6.07) is 22.2. The lowest BCUT2D eigenvalue weighted by molar-refractivity contribution is -0.128. The van der Waals surface area contributed by atoms with Crippen LogP contribution in [0.3, 0.4) is 0 Å². The summed E-state index contributed by atoms with van der Waals surface area (Å²) in [7, 11) is 3.91. The molecule has 2 aromatic rings. The Morgan fingerprint density at radius 1 is 1.10 bits per heavy atom. The van der Waals surface area contributed by atoms with Gasteiger partial charge in [-0.1, -0.05) is 48.5 Å². The summed E-state index contributed by atoms with van der Waals surface area (Å²) in [4.78, 5) is 19.1. The lowest BCUT2D eigenvalue weighted by Crippen LogP contribution is -2.45. The van der Waals surface area contributed by atoms with Crippen LogP contribution in [0.2, 0.25) is 0 Å². The van der Waals surface area contributed by atoms with E-state index in [2.05, 4.69) is 18.0 Å². The van der Waals surface area contributed by atoms with Crippen LogP contribution in [0.5, 0.6) is 0 Å². The summed E-state index contributed by atoms with van der Waals surface area (Å²) < 4.78 is 0. The zero-order valence-corrected chi connectivity index (χ0v) is 17.2. The van der Waals surface area contributed by atoms with E-state index in [4.69, 9.17) is 0 Å². The molecule has 0 aliphatic carbocycles. The normalized spacial score (nSPS) is 15.6. The van der Waals surface area contributed by atoms with Crippen LogP contribution in [0, 0.1) is 11.3 Å². The minimum atomic E-state index is -0.212. The average molecular weight is 389 g/mol. The Hall–Kier alpha value is -3.10. The standard InChI is InChI=1S/C24H28N4O/c1-26-15-13-22(14-16-26)27(2)24(29)21(17-25)19-28(23-11-7-4-8-12-23)18-20-9-5-3-6-10-20/h3-12,19,22H,13-16,18H2,1-2H3/b21-19-. The van der Waals surface area contributed by atoms with Crippen molar-refractivity contribution in [3.05, 3.63) is 78.0 Å². The lowest BCUT2D eigenvalue weighted by atomic mass is 10.0. The van der Waals surface area contributed by atoms with Gasteiger partial charge in [0.1, 0.15) is 11.6 Å². The summed E-state index contributed by atoms with van der Waals surface area (Å²) in [5.74, 6) is -0.212. The van der Waals surface area contributed by atoms with Gasteiger partial charge in [0.25, 0.3) is 5.91 Å². The second-order valence-corrected chi connectivity index (χ2v) is 7.55. The molecular formula is C24H28N4O. The van der Waals surface area contributed by atoms with Crippen molar-refractivity contribution in [3.8, 4) is 6.07 Å². The molecule has 0 atom stereocenters. The summed E-state index contributed by atoms with van der Waals surface area (Å²) in [5, 5.41) is 9.75. The number of likely N-dealkylation sites (N-methyl/N-ethyl adjacent to an activating group) is 1. The van der Waals surface area contributed by atoms with Gasteiger partial charge in [0.05, 0.1) is 0 Å². The zero-order valence-electron chi connectivity index (χ0n) is 17.2. The maximum Gasteiger partial charge on any atom is 0.266 e. The molecule has 0 spiro atoms. The van der Waals surface area contributed by atoms with Crippen molar-refractivity contribution in [3.63, 3.8) is 0 Å². The van der Waals surface area contributed by atoms with Gasteiger partial charge >= 0.3 is 0 Å². The molecule has 0 radical (unpaired) electrons. The Labute approximate surface area is 173 Å². The van der Waals surface area contributed by atoms with Gasteiger partial charge in [-0.25, -0.2) is 0 Å². The van der Waals surface area contributed by atoms with Crippen molar-refractivity contribution in [2.24, 2.45) is 0 Å². The molecule has 1 amide bonds. The highest BCUT2D eigenvalue weighted by Gasteiger charge is 2.26. The van der Waals surface area contributed by atoms with Crippen molar-refractivity contribution >= 4 is 11.6 Å². The van der Waals surface area contributed by atoms with Crippen LogP contribution in [0.25, 0.3) is 0 Å². The highest BCUT2D eigenvalue weighted by atomic mass is 16.2. The lowest BCUT2D eigenvalue weighted by Gasteiger charge is -2.35. The van der Waals surface area contributed by atoms with Crippen LogP contribution in [0.15, 0.2) is 72.4 Å². The number of amides is 1. The number of likely N-dealkylation sites (tertiary alicyclic amines) is 1. The summed E-state index contributed by atoms with van der Waals surface area (Å²) in [6.45, 7) is 2.53. The molecule has 1 heterocycles. The maximum absolute atomic E-state index is 13.1. The smallest absolute Gasteiger partial charge is 0.266 e. The first-order valence-corrected chi connectivity index (χ1v) is 10.0. The first-order chi connectivity index (χ1) is 14.1. The highest BCUT2D eigenvalue weighted by Crippen LogP contribution is 2.20. The molecule has 1 saturated heterocycles. The summed E-state index contributed by atoms with van der Waals surface area (Å²) in [5.41, 5.74) is 2.21. The van der Waals surface area contributed by atoms with Gasteiger partial charge in [-0.15, -0.1) is 0 Å². The number of hydrogen-bond acceptors (Lipinski definition) is 4. The highest BCUT2D eigenvalue weighted by molar-refractivity contribution is 5.97. The third-order valence-corrected chi connectivity index (χ3v) is 5.48. The third kappa shape index (κ3) is 5.46. The molecule has 1 aliphatic heterocycles. The van der Waals surface area contributed by atoms with Gasteiger partial charge in [-0.2, -0.15) is 5.26 Å². The van der Waals surface area contributed by atoms with Crippen LogP contribution in [-0.4, -0.2) is 48.9 Å². The number of carbonyl (C=O) groups is 1. The van der Waals surface area contributed by atoms with Crippen molar-refractivity contribution in [1.82, 2.24) is 9.80 Å². The number of benzene rings is 2. The van der Waals surface area contributed by atoms with E-state index in [9.17, 15) is 10.1 Å². The van der Waals surface area contributed by atoms with Gasteiger partial charge in [0.15, 0.2) is 0 Å². The van der Waals surface area contributed by atoms with Crippen molar-refractivity contribution < 1.29 is 4.79 Å². The van der Waals surface area contributed by atoms with Crippen LogP contribution in [0.4, 0.5) is 5.69 Å². The fourth-order valence-electron chi connectivity index (χ4n) is 3.64. The van der Waals surface area contributed by atoms with Gasteiger partial charge < -0.3 is 14.7 Å². The number of rotatable bonds is 6. The molecule has 3 rings (SSSR count). The fourth-order valence-corrected chi connectivity index (χ4v) is 3.64. The Morgan fingerprint density at radius 2 is 1.69 bits per heavy atom. The minimum Gasteiger partial charge on any atom is -0.342 e. The third-order valence-electron chi connectivity index (χ3n) is 5.48. The zero-order chi connectivity index (χ0) is 20.6. The van der Waals surface area contributed by atoms with E-state index < -0.39 is 0 Å². The number of hydrogen-bond donors (Lipinski definition) is 0. The molecule has 5 nitrogen and oxygen atoms in total. The van der Waals surface area contributed by atoms with Gasteiger partial charge in [0, 0.05) is 31.5 Å². The summed E-state index contributed by atoms with van der Waals surface area (Å²) in [6.07, 6.45) is 3.56. The van der Waals surface area contributed by atoms with Crippen molar-refractivity contribution in [2.75, 3.05) is 32.1 Å². The Morgan fingerprint density at radius 3 is 2.28 bits per heavy atom. The molecule has 1 fully saturated rings. The molecule has 0 aromatic heterocycles. The molecule has 0 unspecified atom stereocenters. The van der Waals surface area contributed by atoms with E-state index in [1.807, 2.05) is 72.6 Å². The monoisotopic (exact) mass is 388 g/mol. The van der Waals surface area contributed by atoms with Gasteiger partial charge in [-0.3, -0.25) is 4.79 Å². The largest absolute Gasteiger partial charge is 0.342 e. The van der Waals surface area contributed by atoms with E-state index in [0.29, 0.717) is 6.54 Å². The molecule has 5 heteroatoms. The molecule has 0 N–H and O–H groups in total. The van der Waals surface area contributed by atoms with E-state index in [0.717, 1.165) is 37.2 Å². The second kappa shape index (κ2) is 9.90. The van der Waals surface area contributed by atoms with Crippen LogP contribution < -0.4 is 4.90 Å². The van der Waals surface area contributed by atoms with E-state index >= 15 is 0 Å². The molecule has 0 bridgehead atoms. The van der Waals surface area contributed by atoms with Crippen molar-refractivity contribution in [2.45, 2.75) is 25.4 Å². The molecule has 29 heavy (non-hydrogen) atoms. The maximum atomic E-state index is 13.1. The first kappa shape index (κ1) is 20.6. The summed E-state index contributed by atoms with van der Waals surface area (Å²) >= 11 is 0. The SMILES string of the molecule is CN1CCC(N(C)C(=O)/C(C#N)=C\N(Cc2ccccc2)c2ccccc2)CC1. The Bertz CT molecular complexity index is 865. The number of piperidine rings is 1. The predicted octanol–water partition coefficient (Wildman–Crippen LogP) is 3.65. The number of para-hydroxylation sites is 1. The average Bonchev–Trinajstić information content (AvgIpc) is 2.77. The van der Waals surface area contributed by atoms with E-state index in [1.54, 1.807) is 11.1 Å². The number of nitrogens with zero attached hydrogens (tertiary/aromatic N) is 4. The van der Waals surface area contributed by atoms with Gasteiger partial charge in [0.2, 0.25) is 0 Å².